The van der Waals surface area contributed by atoms with Crippen molar-refractivity contribution < 1.29 is 17.6 Å². The summed E-state index contributed by atoms with van der Waals surface area (Å²) in [5.41, 5.74) is 3.70. The number of carbonyl (C=O) groups excluding carboxylic acids is 1. The van der Waals surface area contributed by atoms with E-state index in [0.717, 1.165) is 21.0 Å². The number of hydrogen-bond donors (Lipinski definition) is 0. The summed E-state index contributed by atoms with van der Waals surface area (Å²) in [6, 6.07) is 18.0. The first-order valence-corrected chi connectivity index (χ1v) is 14.4. The van der Waals surface area contributed by atoms with E-state index >= 15 is 0 Å². The standard InChI is InChI=1S/C27H30FN3O3S2/c1-20-6-4-9-26(21(20)2)29-14-16-30(17-15-29)27(32)19-31(23-8-5-7-22(28)18-23)36(33,34)25-12-10-24(35-3)11-13-25/h4-13,18H,14-17,19H2,1-3H3. The van der Waals surface area contributed by atoms with Gasteiger partial charge in [0, 0.05) is 36.8 Å². The van der Waals surface area contributed by atoms with Crippen LogP contribution in [0, 0.1) is 19.7 Å². The van der Waals surface area contributed by atoms with Crippen LogP contribution in [0.5, 0.6) is 0 Å². The minimum atomic E-state index is -4.09. The van der Waals surface area contributed by atoms with Gasteiger partial charge in [-0.15, -0.1) is 11.8 Å². The monoisotopic (exact) mass is 527 g/mol. The van der Waals surface area contributed by atoms with E-state index in [4.69, 9.17) is 0 Å². The highest BCUT2D eigenvalue weighted by atomic mass is 32.2. The number of thioether (sulfide) groups is 1. The van der Waals surface area contributed by atoms with Crippen molar-refractivity contribution in [3.63, 3.8) is 0 Å². The van der Waals surface area contributed by atoms with Gasteiger partial charge in [0.15, 0.2) is 0 Å². The molecule has 0 aliphatic carbocycles. The SMILES string of the molecule is CSc1ccc(S(=O)(=O)N(CC(=O)N2CCN(c3cccc(C)c3C)CC2)c2cccc(F)c2)cc1. The molecular weight excluding hydrogens is 497 g/mol. The van der Waals surface area contributed by atoms with Gasteiger partial charge in [0.05, 0.1) is 10.6 Å². The maximum atomic E-state index is 14.0. The lowest BCUT2D eigenvalue weighted by molar-refractivity contribution is -0.129. The Morgan fingerprint density at radius 1 is 0.972 bits per heavy atom. The van der Waals surface area contributed by atoms with Crippen LogP contribution in [0.25, 0.3) is 0 Å². The van der Waals surface area contributed by atoms with Gasteiger partial charge in [-0.1, -0.05) is 18.2 Å². The zero-order chi connectivity index (χ0) is 25.9. The van der Waals surface area contributed by atoms with Crippen molar-refractivity contribution in [2.75, 3.05) is 48.2 Å². The molecule has 9 heteroatoms. The summed E-state index contributed by atoms with van der Waals surface area (Å²) >= 11 is 1.50. The Labute approximate surface area is 216 Å². The van der Waals surface area contributed by atoms with Crippen LogP contribution < -0.4 is 9.21 Å². The van der Waals surface area contributed by atoms with E-state index in [9.17, 15) is 17.6 Å². The van der Waals surface area contributed by atoms with E-state index in [0.29, 0.717) is 26.2 Å². The van der Waals surface area contributed by atoms with Crippen LogP contribution in [0.3, 0.4) is 0 Å². The van der Waals surface area contributed by atoms with E-state index in [-0.39, 0.29) is 16.5 Å². The largest absolute Gasteiger partial charge is 0.368 e. The molecule has 6 nitrogen and oxygen atoms in total. The number of rotatable bonds is 7. The maximum Gasteiger partial charge on any atom is 0.264 e. The molecule has 190 valence electrons. The molecule has 0 N–H and O–H groups in total. The van der Waals surface area contributed by atoms with E-state index < -0.39 is 22.4 Å². The van der Waals surface area contributed by atoms with Crippen molar-refractivity contribution >= 4 is 39.1 Å². The Morgan fingerprint density at radius 2 is 1.64 bits per heavy atom. The second-order valence-corrected chi connectivity index (χ2v) is 11.5. The van der Waals surface area contributed by atoms with Crippen LogP contribution >= 0.6 is 11.8 Å². The summed E-state index contributed by atoms with van der Waals surface area (Å²) in [7, 11) is -4.09. The second-order valence-electron chi connectivity index (χ2n) is 8.75. The van der Waals surface area contributed by atoms with Crippen LogP contribution in [-0.2, 0) is 14.8 Å². The summed E-state index contributed by atoms with van der Waals surface area (Å²) in [6.45, 7) is 6.03. The van der Waals surface area contributed by atoms with Gasteiger partial charge in [-0.05, 0) is 79.8 Å². The molecule has 0 bridgehead atoms. The average molecular weight is 528 g/mol. The second kappa shape index (κ2) is 10.9. The molecule has 1 amide bonds. The minimum absolute atomic E-state index is 0.0529. The molecule has 3 aromatic rings. The first-order valence-electron chi connectivity index (χ1n) is 11.7. The van der Waals surface area contributed by atoms with Gasteiger partial charge in [-0.2, -0.15) is 0 Å². The molecule has 36 heavy (non-hydrogen) atoms. The molecule has 0 atom stereocenters. The van der Waals surface area contributed by atoms with Gasteiger partial charge in [0.1, 0.15) is 12.4 Å². The van der Waals surface area contributed by atoms with Gasteiger partial charge in [-0.3, -0.25) is 9.10 Å². The Balaban J connectivity index is 1.54. The number of nitrogens with zero attached hydrogens (tertiary/aromatic N) is 3. The van der Waals surface area contributed by atoms with Gasteiger partial charge in [-0.25, -0.2) is 12.8 Å². The van der Waals surface area contributed by atoms with Crippen LogP contribution in [0.4, 0.5) is 15.8 Å². The molecule has 0 radical (unpaired) electrons. The summed E-state index contributed by atoms with van der Waals surface area (Å²) in [4.78, 5) is 18.2. The number of amides is 1. The third kappa shape index (κ3) is 5.52. The van der Waals surface area contributed by atoms with Crippen LogP contribution in [0.1, 0.15) is 11.1 Å². The molecular formula is C27H30FN3O3S2. The molecule has 1 fully saturated rings. The van der Waals surface area contributed by atoms with E-state index in [1.807, 2.05) is 12.3 Å². The van der Waals surface area contributed by atoms with E-state index in [2.05, 4.69) is 30.9 Å². The highest BCUT2D eigenvalue weighted by molar-refractivity contribution is 7.98. The normalized spacial score (nSPS) is 14.1. The Bertz CT molecular complexity index is 1340. The summed E-state index contributed by atoms with van der Waals surface area (Å²) in [5.74, 6) is -0.885. The molecule has 1 aliphatic heterocycles. The zero-order valence-electron chi connectivity index (χ0n) is 20.6. The number of halogens is 1. The Hall–Kier alpha value is -3.04. The fourth-order valence-corrected chi connectivity index (χ4v) is 6.13. The molecule has 0 spiro atoms. The van der Waals surface area contributed by atoms with Gasteiger partial charge in [0.25, 0.3) is 10.0 Å². The first kappa shape index (κ1) is 26.0. The Morgan fingerprint density at radius 3 is 2.28 bits per heavy atom. The zero-order valence-corrected chi connectivity index (χ0v) is 22.3. The van der Waals surface area contributed by atoms with Gasteiger partial charge >= 0.3 is 0 Å². The number of anilines is 2. The van der Waals surface area contributed by atoms with E-state index in [1.165, 1.54) is 53.2 Å². The third-order valence-electron chi connectivity index (χ3n) is 6.57. The quantitative estimate of drug-likeness (QED) is 0.417. The first-order chi connectivity index (χ1) is 17.2. The lowest BCUT2D eigenvalue weighted by Crippen LogP contribution is -2.52. The van der Waals surface area contributed by atoms with Crippen molar-refractivity contribution in [3.05, 3.63) is 83.7 Å². The predicted molar refractivity (Wildman–Crippen MR) is 144 cm³/mol. The maximum absolute atomic E-state index is 14.0. The van der Waals surface area contributed by atoms with Crippen molar-refractivity contribution in [2.24, 2.45) is 0 Å². The lowest BCUT2D eigenvalue weighted by Gasteiger charge is -2.38. The highest BCUT2D eigenvalue weighted by Crippen LogP contribution is 2.27. The van der Waals surface area contributed by atoms with Crippen molar-refractivity contribution in [1.29, 1.82) is 0 Å². The van der Waals surface area contributed by atoms with Gasteiger partial charge < -0.3 is 9.80 Å². The molecule has 0 saturated carbocycles. The van der Waals surface area contributed by atoms with Crippen molar-refractivity contribution in [3.8, 4) is 0 Å². The van der Waals surface area contributed by atoms with Crippen LogP contribution in [0.2, 0.25) is 0 Å². The minimum Gasteiger partial charge on any atom is -0.368 e. The van der Waals surface area contributed by atoms with Crippen molar-refractivity contribution in [2.45, 2.75) is 23.6 Å². The molecule has 1 saturated heterocycles. The Kier molecular flexibility index (Phi) is 7.90. The third-order valence-corrected chi connectivity index (χ3v) is 9.10. The fraction of sp³-hybridized carbons (Fsp3) is 0.296. The molecule has 1 aliphatic rings. The highest BCUT2D eigenvalue weighted by Gasteiger charge is 2.30. The summed E-state index contributed by atoms with van der Waals surface area (Å²) in [6.07, 6.45) is 1.90. The molecule has 0 aromatic heterocycles. The number of sulfonamides is 1. The number of hydrogen-bond acceptors (Lipinski definition) is 5. The number of carbonyl (C=O) groups is 1. The number of piperazine rings is 1. The number of aryl methyl sites for hydroxylation is 1. The topological polar surface area (TPSA) is 60.9 Å². The molecule has 4 rings (SSSR count). The predicted octanol–water partition coefficient (Wildman–Crippen LogP) is 4.71. The fourth-order valence-electron chi connectivity index (χ4n) is 4.32. The smallest absolute Gasteiger partial charge is 0.264 e. The van der Waals surface area contributed by atoms with Crippen molar-refractivity contribution in [1.82, 2.24) is 4.90 Å². The molecule has 3 aromatic carbocycles. The van der Waals surface area contributed by atoms with Crippen LogP contribution in [0.15, 0.2) is 76.5 Å². The average Bonchev–Trinajstić information content (AvgIpc) is 2.88. The van der Waals surface area contributed by atoms with Gasteiger partial charge in [0.2, 0.25) is 5.91 Å². The lowest BCUT2D eigenvalue weighted by atomic mass is 10.1. The van der Waals surface area contributed by atoms with Crippen LogP contribution in [-0.4, -0.2) is 58.2 Å². The molecule has 0 unspecified atom stereocenters. The summed E-state index contributed by atoms with van der Waals surface area (Å²) in [5, 5.41) is 0. The summed E-state index contributed by atoms with van der Waals surface area (Å²) < 4.78 is 42.2. The van der Waals surface area contributed by atoms with E-state index in [1.54, 1.807) is 17.0 Å². The number of benzene rings is 3. The molecule has 1 heterocycles.